The van der Waals surface area contributed by atoms with E-state index < -0.39 is 12.1 Å². The first kappa shape index (κ1) is 16.5. The number of aromatic nitrogens is 3. The molecule has 0 bridgehead atoms. The number of thioether (sulfide) groups is 1. The molecular weight excluding hydrogens is 302 g/mol. The smallest absolute Gasteiger partial charge is 0.308 e. The highest BCUT2D eigenvalue weighted by Gasteiger charge is 2.16. The predicted octanol–water partition coefficient (Wildman–Crippen LogP) is 1.90. The molecule has 6 nitrogen and oxygen atoms in total. The Labute approximate surface area is 133 Å². The molecule has 1 aromatic carbocycles. The van der Waals surface area contributed by atoms with Crippen LogP contribution in [-0.4, -0.2) is 44.8 Å². The summed E-state index contributed by atoms with van der Waals surface area (Å²) in [5, 5.41) is 18.8. The third-order valence-electron chi connectivity index (χ3n) is 3.19. The first-order valence-electron chi connectivity index (χ1n) is 6.88. The zero-order valence-corrected chi connectivity index (χ0v) is 13.6. The first-order valence-corrected chi connectivity index (χ1v) is 7.87. The van der Waals surface area contributed by atoms with Gasteiger partial charge in [0.25, 0.3) is 0 Å². The number of nitrogens with zero attached hydrogens (tertiary/aromatic N) is 3. The van der Waals surface area contributed by atoms with E-state index >= 15 is 0 Å². The summed E-state index contributed by atoms with van der Waals surface area (Å²) in [6.45, 7) is 3.91. The summed E-state index contributed by atoms with van der Waals surface area (Å²) >= 11 is 1.36. The van der Waals surface area contributed by atoms with Crippen molar-refractivity contribution in [2.24, 2.45) is 0 Å². The van der Waals surface area contributed by atoms with Gasteiger partial charge in [0.05, 0.1) is 25.3 Å². The fraction of sp³-hybridized carbons (Fsp3) is 0.400. The van der Waals surface area contributed by atoms with Crippen molar-refractivity contribution >= 4 is 17.7 Å². The van der Waals surface area contributed by atoms with Crippen molar-refractivity contribution in [3.05, 3.63) is 35.7 Å². The second-order valence-corrected chi connectivity index (χ2v) is 5.88. The molecule has 118 valence electrons. The molecule has 0 saturated carbocycles. The zero-order chi connectivity index (χ0) is 16.1. The lowest BCUT2D eigenvalue weighted by atomic mass is 10.2. The molecule has 1 atom stereocenters. The van der Waals surface area contributed by atoms with E-state index in [9.17, 15) is 9.90 Å². The fourth-order valence-corrected chi connectivity index (χ4v) is 2.95. The number of aryl methyl sites for hydroxylation is 2. The van der Waals surface area contributed by atoms with Gasteiger partial charge in [0.15, 0.2) is 5.16 Å². The van der Waals surface area contributed by atoms with E-state index in [0.29, 0.717) is 10.9 Å². The van der Waals surface area contributed by atoms with Crippen molar-refractivity contribution in [2.45, 2.75) is 31.5 Å². The van der Waals surface area contributed by atoms with Crippen LogP contribution in [0.4, 0.5) is 0 Å². The lowest BCUT2D eigenvalue weighted by Gasteiger charge is -2.12. The maximum Gasteiger partial charge on any atom is 0.308 e. The van der Waals surface area contributed by atoms with Crippen LogP contribution in [0.5, 0.6) is 0 Å². The lowest BCUT2D eigenvalue weighted by molar-refractivity contribution is -0.142. The van der Waals surface area contributed by atoms with Crippen molar-refractivity contribution in [1.29, 1.82) is 0 Å². The number of hydrogen-bond acceptors (Lipinski definition) is 6. The topological polar surface area (TPSA) is 77.2 Å². The number of carbonyl (C=O) groups excluding carboxylic acids is 1. The maximum absolute atomic E-state index is 11.1. The average molecular weight is 321 g/mol. The Morgan fingerprint density at radius 2 is 2.09 bits per heavy atom. The number of para-hydroxylation sites is 1. The Balaban J connectivity index is 2.14. The van der Waals surface area contributed by atoms with Crippen LogP contribution in [-0.2, 0) is 9.53 Å². The number of carbonyl (C=O) groups is 1. The molecule has 2 aromatic rings. The van der Waals surface area contributed by atoms with Crippen LogP contribution in [0.25, 0.3) is 5.69 Å². The highest BCUT2D eigenvalue weighted by atomic mass is 32.2. The molecule has 0 aliphatic rings. The second kappa shape index (κ2) is 7.42. The van der Waals surface area contributed by atoms with E-state index in [0.717, 1.165) is 17.1 Å². The molecule has 0 fully saturated rings. The standard InChI is InChI=1S/C15H19N3O3S/c1-10-6-4-5-7-13(10)18-11(2)16-17-15(18)22-9-12(19)8-14(20)21-3/h4-7,12,19H,8-9H2,1-3H3/t12-/m1/s1. The molecule has 0 unspecified atom stereocenters. The average Bonchev–Trinajstić information content (AvgIpc) is 2.86. The molecule has 1 aromatic heterocycles. The van der Waals surface area contributed by atoms with Crippen LogP contribution < -0.4 is 0 Å². The van der Waals surface area contributed by atoms with E-state index in [1.165, 1.54) is 18.9 Å². The number of esters is 1. The number of ether oxygens (including phenoxy) is 1. The van der Waals surface area contributed by atoms with Crippen LogP contribution in [0.3, 0.4) is 0 Å². The third kappa shape index (κ3) is 3.86. The second-order valence-electron chi connectivity index (χ2n) is 4.90. The monoisotopic (exact) mass is 321 g/mol. The minimum atomic E-state index is -0.778. The van der Waals surface area contributed by atoms with Crippen LogP contribution in [0, 0.1) is 13.8 Å². The minimum Gasteiger partial charge on any atom is -0.469 e. The van der Waals surface area contributed by atoms with Gasteiger partial charge in [0.2, 0.25) is 0 Å². The zero-order valence-electron chi connectivity index (χ0n) is 12.8. The van der Waals surface area contributed by atoms with Gasteiger partial charge in [-0.25, -0.2) is 0 Å². The van der Waals surface area contributed by atoms with Crippen LogP contribution in [0.15, 0.2) is 29.4 Å². The van der Waals surface area contributed by atoms with Crippen LogP contribution >= 0.6 is 11.8 Å². The van der Waals surface area contributed by atoms with Gasteiger partial charge in [-0.15, -0.1) is 10.2 Å². The summed E-state index contributed by atoms with van der Waals surface area (Å²) in [5.74, 6) is 0.697. The number of methoxy groups -OCH3 is 1. The summed E-state index contributed by atoms with van der Waals surface area (Å²) in [6, 6.07) is 7.96. The normalized spacial score (nSPS) is 12.2. The van der Waals surface area contributed by atoms with Crippen LogP contribution in [0.2, 0.25) is 0 Å². The van der Waals surface area contributed by atoms with Gasteiger partial charge in [0, 0.05) is 5.75 Å². The fourth-order valence-electron chi connectivity index (χ4n) is 2.03. The maximum atomic E-state index is 11.1. The van der Waals surface area contributed by atoms with Gasteiger partial charge in [-0.1, -0.05) is 30.0 Å². The Bertz CT molecular complexity index is 657. The summed E-state index contributed by atoms with van der Waals surface area (Å²) < 4.78 is 6.49. The quantitative estimate of drug-likeness (QED) is 0.647. The van der Waals surface area contributed by atoms with E-state index in [1.54, 1.807) is 0 Å². The van der Waals surface area contributed by atoms with E-state index in [-0.39, 0.29) is 6.42 Å². The van der Waals surface area contributed by atoms with Gasteiger partial charge in [-0.05, 0) is 25.5 Å². The summed E-state index contributed by atoms with van der Waals surface area (Å²) in [5.41, 5.74) is 2.12. The number of benzene rings is 1. The SMILES string of the molecule is COC(=O)C[C@@H](O)CSc1nnc(C)n1-c1ccccc1C. The molecule has 0 saturated heterocycles. The molecule has 0 radical (unpaired) electrons. The Hall–Kier alpha value is -1.86. The molecule has 22 heavy (non-hydrogen) atoms. The number of rotatable bonds is 6. The molecule has 7 heteroatoms. The summed E-state index contributed by atoms with van der Waals surface area (Å²) in [4.78, 5) is 11.1. The largest absolute Gasteiger partial charge is 0.469 e. The third-order valence-corrected chi connectivity index (χ3v) is 4.26. The molecule has 1 N–H and O–H groups in total. The number of hydrogen-bond donors (Lipinski definition) is 1. The highest BCUT2D eigenvalue weighted by molar-refractivity contribution is 7.99. The lowest BCUT2D eigenvalue weighted by Crippen LogP contribution is -2.17. The molecule has 0 spiro atoms. The van der Waals surface area contributed by atoms with Gasteiger partial charge >= 0.3 is 5.97 Å². The van der Waals surface area contributed by atoms with E-state index in [4.69, 9.17) is 0 Å². The Morgan fingerprint density at radius 1 is 1.36 bits per heavy atom. The van der Waals surface area contributed by atoms with E-state index in [1.807, 2.05) is 42.7 Å². The first-order chi connectivity index (χ1) is 10.5. The Morgan fingerprint density at radius 3 is 2.77 bits per heavy atom. The molecule has 1 heterocycles. The molecule has 0 aliphatic carbocycles. The van der Waals surface area contributed by atoms with Crippen molar-refractivity contribution in [3.63, 3.8) is 0 Å². The predicted molar refractivity (Wildman–Crippen MR) is 84.2 cm³/mol. The van der Waals surface area contributed by atoms with Crippen LogP contribution in [0.1, 0.15) is 17.8 Å². The van der Waals surface area contributed by atoms with Crippen molar-refractivity contribution in [1.82, 2.24) is 14.8 Å². The number of aliphatic hydroxyl groups is 1. The minimum absolute atomic E-state index is 0.0268. The van der Waals surface area contributed by atoms with Crippen molar-refractivity contribution < 1.29 is 14.6 Å². The van der Waals surface area contributed by atoms with E-state index in [2.05, 4.69) is 14.9 Å². The van der Waals surface area contributed by atoms with Crippen molar-refractivity contribution in [3.8, 4) is 5.69 Å². The number of aliphatic hydroxyl groups excluding tert-OH is 1. The molecule has 0 amide bonds. The highest BCUT2D eigenvalue weighted by Crippen LogP contribution is 2.24. The van der Waals surface area contributed by atoms with Gasteiger partial charge in [0.1, 0.15) is 5.82 Å². The van der Waals surface area contributed by atoms with Gasteiger partial charge < -0.3 is 9.84 Å². The summed E-state index contributed by atoms with van der Waals surface area (Å²) in [7, 11) is 1.31. The van der Waals surface area contributed by atoms with Crippen molar-refractivity contribution in [2.75, 3.05) is 12.9 Å². The molecular formula is C15H19N3O3S. The Kier molecular flexibility index (Phi) is 5.57. The van der Waals surface area contributed by atoms with Gasteiger partial charge in [-0.2, -0.15) is 0 Å². The van der Waals surface area contributed by atoms with Gasteiger partial charge in [-0.3, -0.25) is 9.36 Å². The summed E-state index contributed by atoms with van der Waals surface area (Å²) in [6.07, 6.45) is -0.805. The molecule has 0 aliphatic heterocycles. The molecule has 2 rings (SSSR count).